The SMILES string of the molecule is Cc1ccc(S(=O)(=O)N2CCCC2C(=O)Nc2nnc(C)c3ccccc23)s1. The van der Waals surface area contributed by atoms with Gasteiger partial charge in [-0.25, -0.2) is 8.42 Å². The summed E-state index contributed by atoms with van der Waals surface area (Å²) in [4.78, 5) is 13.9. The Morgan fingerprint density at radius 2 is 1.89 bits per heavy atom. The van der Waals surface area contributed by atoms with Gasteiger partial charge in [-0.1, -0.05) is 24.3 Å². The first-order chi connectivity index (χ1) is 13.4. The molecular formula is C19H20N4O3S2. The van der Waals surface area contributed by atoms with Crippen LogP contribution in [0.3, 0.4) is 0 Å². The molecule has 1 aliphatic rings. The van der Waals surface area contributed by atoms with Crippen molar-refractivity contribution in [1.82, 2.24) is 14.5 Å². The molecule has 1 fully saturated rings. The zero-order valence-electron chi connectivity index (χ0n) is 15.5. The summed E-state index contributed by atoms with van der Waals surface area (Å²) in [6.07, 6.45) is 1.12. The molecule has 1 atom stereocenters. The number of nitrogens with zero attached hydrogens (tertiary/aromatic N) is 3. The second kappa shape index (κ2) is 7.23. The van der Waals surface area contributed by atoms with Crippen molar-refractivity contribution in [2.75, 3.05) is 11.9 Å². The second-order valence-electron chi connectivity index (χ2n) is 6.81. The molecule has 0 aliphatic carbocycles. The van der Waals surface area contributed by atoms with Crippen molar-refractivity contribution in [2.24, 2.45) is 0 Å². The van der Waals surface area contributed by atoms with Crippen molar-refractivity contribution in [3.8, 4) is 0 Å². The van der Waals surface area contributed by atoms with Crippen molar-refractivity contribution >= 4 is 43.9 Å². The Balaban J connectivity index is 1.62. The van der Waals surface area contributed by atoms with E-state index in [9.17, 15) is 13.2 Å². The third-order valence-corrected chi connectivity index (χ3v) is 8.27. The largest absolute Gasteiger partial charge is 0.307 e. The molecule has 0 saturated carbocycles. The first-order valence-corrected chi connectivity index (χ1v) is 11.2. The van der Waals surface area contributed by atoms with Crippen LogP contribution < -0.4 is 5.32 Å². The van der Waals surface area contributed by atoms with E-state index in [0.717, 1.165) is 21.3 Å². The van der Waals surface area contributed by atoms with Crippen molar-refractivity contribution in [3.05, 3.63) is 47.0 Å². The standard InChI is InChI=1S/C19H20N4O3S2/c1-12-9-10-17(27-12)28(25,26)23-11-5-8-16(23)19(24)20-18-15-7-4-3-6-14(15)13(2)21-22-18/h3-4,6-7,9-10,16H,5,8,11H2,1-2H3,(H,20,22,24). The summed E-state index contributed by atoms with van der Waals surface area (Å²) in [6, 6.07) is 10.2. The predicted octanol–water partition coefficient (Wildman–Crippen LogP) is 3.10. The number of aryl methyl sites for hydroxylation is 2. The fourth-order valence-corrected chi connectivity index (χ4v) is 6.56. The van der Waals surface area contributed by atoms with E-state index >= 15 is 0 Å². The Bertz CT molecular complexity index is 1160. The van der Waals surface area contributed by atoms with E-state index in [0.29, 0.717) is 25.2 Å². The van der Waals surface area contributed by atoms with Gasteiger partial charge in [-0.15, -0.1) is 16.4 Å². The van der Waals surface area contributed by atoms with Crippen LogP contribution in [0.4, 0.5) is 5.82 Å². The quantitative estimate of drug-likeness (QED) is 0.706. The first kappa shape index (κ1) is 19.0. The van der Waals surface area contributed by atoms with Crippen LogP contribution in [0.1, 0.15) is 23.4 Å². The van der Waals surface area contributed by atoms with Gasteiger partial charge in [0.2, 0.25) is 5.91 Å². The molecule has 2 aromatic heterocycles. The lowest BCUT2D eigenvalue weighted by Crippen LogP contribution is -2.43. The zero-order valence-corrected chi connectivity index (χ0v) is 17.2. The highest BCUT2D eigenvalue weighted by atomic mass is 32.2. The van der Waals surface area contributed by atoms with E-state index in [1.807, 2.05) is 38.1 Å². The maximum absolute atomic E-state index is 13.0. The molecular weight excluding hydrogens is 396 g/mol. The number of rotatable bonds is 4. The molecule has 0 spiro atoms. The number of aromatic nitrogens is 2. The van der Waals surface area contributed by atoms with E-state index < -0.39 is 16.1 Å². The molecule has 4 rings (SSSR count). The lowest BCUT2D eigenvalue weighted by molar-refractivity contribution is -0.119. The molecule has 9 heteroatoms. The highest BCUT2D eigenvalue weighted by Crippen LogP contribution is 2.31. The molecule has 1 unspecified atom stereocenters. The van der Waals surface area contributed by atoms with Crippen LogP contribution in [0.25, 0.3) is 10.8 Å². The smallest absolute Gasteiger partial charge is 0.253 e. The van der Waals surface area contributed by atoms with Gasteiger partial charge in [-0.2, -0.15) is 9.40 Å². The average Bonchev–Trinajstić information content (AvgIpc) is 3.34. The zero-order chi connectivity index (χ0) is 19.9. The van der Waals surface area contributed by atoms with Crippen molar-refractivity contribution in [2.45, 2.75) is 36.9 Å². The number of thiophene rings is 1. The maximum atomic E-state index is 13.0. The summed E-state index contributed by atoms with van der Waals surface area (Å²) in [5.74, 6) is -0.0277. The van der Waals surface area contributed by atoms with Gasteiger partial charge in [0.25, 0.3) is 10.0 Å². The van der Waals surface area contributed by atoms with E-state index in [2.05, 4.69) is 15.5 Å². The molecule has 0 radical (unpaired) electrons. The normalized spacial score (nSPS) is 17.9. The minimum Gasteiger partial charge on any atom is -0.307 e. The Kier molecular flexibility index (Phi) is 4.90. The molecule has 0 bridgehead atoms. The summed E-state index contributed by atoms with van der Waals surface area (Å²) in [5, 5.41) is 12.7. The minimum atomic E-state index is -3.70. The lowest BCUT2D eigenvalue weighted by atomic mass is 10.1. The number of amides is 1. The monoisotopic (exact) mass is 416 g/mol. The summed E-state index contributed by atoms with van der Waals surface area (Å²) in [6.45, 7) is 4.05. The van der Waals surface area contributed by atoms with Gasteiger partial charge in [0.15, 0.2) is 5.82 Å². The number of carbonyl (C=O) groups excluding carboxylic acids is 1. The Hall–Kier alpha value is -2.36. The van der Waals surface area contributed by atoms with Crippen molar-refractivity contribution < 1.29 is 13.2 Å². The van der Waals surface area contributed by atoms with E-state index in [4.69, 9.17) is 0 Å². The van der Waals surface area contributed by atoms with Gasteiger partial charge in [-0.3, -0.25) is 4.79 Å². The number of nitrogens with one attached hydrogen (secondary N) is 1. The molecule has 1 aromatic carbocycles. The van der Waals surface area contributed by atoms with E-state index in [-0.39, 0.29) is 10.1 Å². The molecule has 1 N–H and O–H groups in total. The minimum absolute atomic E-state index is 0.269. The molecule has 28 heavy (non-hydrogen) atoms. The van der Waals surface area contributed by atoms with Crippen molar-refractivity contribution in [3.63, 3.8) is 0 Å². The molecule has 3 aromatic rings. The Morgan fingerprint density at radius 1 is 1.14 bits per heavy atom. The topological polar surface area (TPSA) is 92.3 Å². The molecule has 1 saturated heterocycles. The summed E-state index contributed by atoms with van der Waals surface area (Å²) < 4.78 is 27.6. The number of benzene rings is 1. The second-order valence-corrected chi connectivity index (χ2v) is 10.2. The van der Waals surface area contributed by atoms with Crippen LogP contribution in [0, 0.1) is 13.8 Å². The van der Waals surface area contributed by atoms with Crippen LogP contribution in [-0.2, 0) is 14.8 Å². The van der Waals surface area contributed by atoms with E-state index in [1.54, 1.807) is 12.1 Å². The van der Waals surface area contributed by atoms with Crippen LogP contribution in [0.2, 0.25) is 0 Å². The fraction of sp³-hybridized carbons (Fsp3) is 0.316. The average molecular weight is 417 g/mol. The summed E-state index contributed by atoms with van der Waals surface area (Å²) in [7, 11) is -3.70. The van der Waals surface area contributed by atoms with Crippen LogP contribution >= 0.6 is 11.3 Å². The fourth-order valence-electron chi connectivity index (χ4n) is 3.49. The lowest BCUT2D eigenvalue weighted by Gasteiger charge is -2.22. The van der Waals surface area contributed by atoms with Crippen LogP contribution in [0.15, 0.2) is 40.6 Å². The Labute approximate surface area is 167 Å². The summed E-state index contributed by atoms with van der Waals surface area (Å²) in [5.41, 5.74) is 0.770. The van der Waals surface area contributed by atoms with Gasteiger partial charge in [-0.05, 0) is 38.8 Å². The third-order valence-electron chi connectivity index (χ3n) is 4.90. The third kappa shape index (κ3) is 3.30. The highest BCUT2D eigenvalue weighted by molar-refractivity contribution is 7.91. The molecule has 1 aliphatic heterocycles. The van der Waals surface area contributed by atoms with E-state index in [1.165, 1.54) is 15.6 Å². The Morgan fingerprint density at radius 3 is 2.61 bits per heavy atom. The number of hydrogen-bond donors (Lipinski definition) is 1. The number of hydrogen-bond acceptors (Lipinski definition) is 6. The summed E-state index contributed by atoms with van der Waals surface area (Å²) >= 11 is 1.22. The molecule has 7 nitrogen and oxygen atoms in total. The number of carbonyl (C=O) groups is 1. The van der Waals surface area contributed by atoms with Crippen molar-refractivity contribution in [1.29, 1.82) is 0 Å². The molecule has 1 amide bonds. The molecule has 3 heterocycles. The number of sulfonamides is 1. The van der Waals surface area contributed by atoms with Gasteiger partial charge in [0.1, 0.15) is 10.3 Å². The van der Waals surface area contributed by atoms with Crippen LogP contribution in [-0.4, -0.2) is 41.4 Å². The number of anilines is 1. The first-order valence-electron chi connectivity index (χ1n) is 8.99. The van der Waals surface area contributed by atoms with Gasteiger partial charge >= 0.3 is 0 Å². The van der Waals surface area contributed by atoms with Gasteiger partial charge in [0, 0.05) is 22.2 Å². The number of fused-ring (bicyclic) bond motifs is 1. The van der Waals surface area contributed by atoms with Crippen LogP contribution in [0.5, 0.6) is 0 Å². The van der Waals surface area contributed by atoms with Gasteiger partial charge < -0.3 is 5.32 Å². The molecule has 146 valence electrons. The maximum Gasteiger partial charge on any atom is 0.253 e. The van der Waals surface area contributed by atoms with Gasteiger partial charge in [0.05, 0.1) is 5.69 Å². The highest BCUT2D eigenvalue weighted by Gasteiger charge is 2.40. The predicted molar refractivity (Wildman–Crippen MR) is 109 cm³/mol.